The third-order valence-corrected chi connectivity index (χ3v) is 3.10. The number of aliphatic carboxylic acids is 1. The molecule has 2 aromatic rings. The lowest BCUT2D eigenvalue weighted by molar-refractivity contribution is -0.136. The van der Waals surface area contributed by atoms with E-state index in [-0.39, 0.29) is 6.42 Å². The molecule has 0 aliphatic carbocycles. The lowest BCUT2D eigenvalue weighted by Gasteiger charge is -2.01. The van der Waals surface area contributed by atoms with Crippen molar-refractivity contribution >= 4 is 5.97 Å². The molecule has 0 aliphatic rings. The average Bonchev–Trinajstić information content (AvgIpc) is 2.63. The maximum atomic E-state index is 10.6. The summed E-state index contributed by atoms with van der Waals surface area (Å²) >= 11 is 0. The van der Waals surface area contributed by atoms with Gasteiger partial charge in [-0.25, -0.2) is 0 Å². The molecule has 4 nitrogen and oxygen atoms in total. The summed E-state index contributed by atoms with van der Waals surface area (Å²) in [5.74, 6) is -0.769. The normalized spacial score (nSPS) is 10.6. The fraction of sp³-hybridized carbons (Fsp3) is 0.286. The first-order valence-corrected chi connectivity index (χ1v) is 5.91. The number of carbonyl (C=O) groups is 1. The zero-order valence-electron chi connectivity index (χ0n) is 10.5. The van der Waals surface area contributed by atoms with E-state index in [1.165, 1.54) is 0 Å². The molecule has 4 heteroatoms. The number of hydrogen-bond acceptors (Lipinski definition) is 2. The van der Waals surface area contributed by atoms with Gasteiger partial charge in [0.1, 0.15) is 0 Å². The molecule has 0 fully saturated rings. The standard InChI is InChI=1S/C14H16N2O2/c1-9-11(6-7-13(17)18)10(2)16-14(9)12-5-3-4-8-15-12/h3-5,8,16H,6-7H2,1-2H3,(H,17,18). The Bertz CT molecular complexity index is 559. The molecule has 2 rings (SSSR count). The molecule has 0 saturated heterocycles. The molecule has 0 aromatic carbocycles. The number of hydrogen-bond donors (Lipinski definition) is 2. The first-order chi connectivity index (χ1) is 8.59. The summed E-state index contributed by atoms with van der Waals surface area (Å²) in [6, 6.07) is 5.76. The van der Waals surface area contributed by atoms with E-state index in [9.17, 15) is 4.79 Å². The van der Waals surface area contributed by atoms with Gasteiger partial charge in [0.05, 0.1) is 11.4 Å². The second kappa shape index (κ2) is 5.04. The molecule has 94 valence electrons. The van der Waals surface area contributed by atoms with Gasteiger partial charge in [-0.3, -0.25) is 9.78 Å². The Kier molecular flexibility index (Phi) is 3.46. The maximum absolute atomic E-state index is 10.6. The van der Waals surface area contributed by atoms with Crippen LogP contribution in [0.2, 0.25) is 0 Å². The van der Waals surface area contributed by atoms with Crippen molar-refractivity contribution in [1.29, 1.82) is 0 Å². The largest absolute Gasteiger partial charge is 0.481 e. The van der Waals surface area contributed by atoms with Gasteiger partial charge >= 0.3 is 5.97 Å². The smallest absolute Gasteiger partial charge is 0.303 e. The molecule has 18 heavy (non-hydrogen) atoms. The van der Waals surface area contributed by atoms with Crippen LogP contribution in [-0.2, 0) is 11.2 Å². The van der Waals surface area contributed by atoms with Crippen LogP contribution in [0.15, 0.2) is 24.4 Å². The van der Waals surface area contributed by atoms with Crippen LogP contribution in [0.4, 0.5) is 0 Å². The number of H-pyrrole nitrogens is 1. The highest BCUT2D eigenvalue weighted by Crippen LogP contribution is 2.26. The van der Waals surface area contributed by atoms with Gasteiger partial charge in [0, 0.05) is 18.3 Å². The van der Waals surface area contributed by atoms with Crippen LogP contribution < -0.4 is 0 Å². The Morgan fingerprint density at radius 2 is 2.17 bits per heavy atom. The lowest BCUT2D eigenvalue weighted by Crippen LogP contribution is -1.98. The van der Waals surface area contributed by atoms with Crippen LogP contribution >= 0.6 is 0 Å². The SMILES string of the molecule is Cc1[nH]c(-c2ccccn2)c(C)c1CCC(=O)O. The van der Waals surface area contributed by atoms with Crippen LogP contribution in [0.5, 0.6) is 0 Å². The van der Waals surface area contributed by atoms with Crippen molar-refractivity contribution in [2.24, 2.45) is 0 Å². The van der Waals surface area contributed by atoms with Crippen molar-refractivity contribution in [1.82, 2.24) is 9.97 Å². The number of pyridine rings is 1. The summed E-state index contributed by atoms with van der Waals surface area (Å²) in [7, 11) is 0. The van der Waals surface area contributed by atoms with Crippen molar-refractivity contribution in [2.75, 3.05) is 0 Å². The summed E-state index contributed by atoms with van der Waals surface area (Å²) in [6.07, 6.45) is 2.46. The first kappa shape index (κ1) is 12.4. The number of rotatable bonds is 4. The van der Waals surface area contributed by atoms with Crippen LogP contribution in [0, 0.1) is 13.8 Å². The number of carboxylic acids is 1. The van der Waals surface area contributed by atoms with E-state index < -0.39 is 5.97 Å². The number of nitrogens with one attached hydrogen (secondary N) is 1. The fourth-order valence-electron chi connectivity index (χ4n) is 2.16. The second-order valence-corrected chi connectivity index (χ2v) is 4.34. The molecule has 2 N–H and O–H groups in total. The van der Waals surface area contributed by atoms with Crippen LogP contribution in [0.3, 0.4) is 0 Å². The highest BCUT2D eigenvalue weighted by molar-refractivity contribution is 5.68. The third-order valence-electron chi connectivity index (χ3n) is 3.10. The number of aryl methyl sites for hydroxylation is 1. The molecule has 0 amide bonds. The van der Waals surface area contributed by atoms with E-state index >= 15 is 0 Å². The van der Waals surface area contributed by atoms with Gasteiger partial charge in [-0.05, 0) is 43.5 Å². The number of carboxylic acid groups (broad SMARTS) is 1. The zero-order valence-corrected chi connectivity index (χ0v) is 10.5. The van der Waals surface area contributed by atoms with Gasteiger partial charge < -0.3 is 10.1 Å². The second-order valence-electron chi connectivity index (χ2n) is 4.34. The number of aromatic nitrogens is 2. The molecule has 0 atom stereocenters. The van der Waals surface area contributed by atoms with E-state index in [1.54, 1.807) is 6.20 Å². The van der Waals surface area contributed by atoms with Crippen molar-refractivity contribution < 1.29 is 9.90 Å². The predicted octanol–water partition coefficient (Wildman–Crippen LogP) is 2.71. The van der Waals surface area contributed by atoms with Gasteiger partial charge in [-0.15, -0.1) is 0 Å². The monoisotopic (exact) mass is 244 g/mol. The molecule has 0 radical (unpaired) electrons. The highest BCUT2D eigenvalue weighted by Gasteiger charge is 2.14. The van der Waals surface area contributed by atoms with Gasteiger partial charge in [-0.2, -0.15) is 0 Å². The Balaban J connectivity index is 2.35. The van der Waals surface area contributed by atoms with E-state index in [0.717, 1.165) is 28.2 Å². The Morgan fingerprint density at radius 1 is 1.39 bits per heavy atom. The summed E-state index contributed by atoms with van der Waals surface area (Å²) in [5.41, 5.74) is 5.06. The van der Waals surface area contributed by atoms with Crippen LogP contribution in [0.25, 0.3) is 11.4 Å². The first-order valence-electron chi connectivity index (χ1n) is 5.91. The lowest BCUT2D eigenvalue weighted by atomic mass is 10.0. The summed E-state index contributed by atoms with van der Waals surface area (Å²) in [5, 5.41) is 8.76. The third kappa shape index (κ3) is 2.42. The minimum Gasteiger partial charge on any atom is -0.481 e. The minimum atomic E-state index is -0.769. The topological polar surface area (TPSA) is 66.0 Å². The van der Waals surface area contributed by atoms with E-state index in [1.807, 2.05) is 32.0 Å². The fourth-order valence-corrected chi connectivity index (χ4v) is 2.16. The molecular weight excluding hydrogens is 228 g/mol. The van der Waals surface area contributed by atoms with Crippen LogP contribution in [0.1, 0.15) is 23.2 Å². The predicted molar refractivity (Wildman–Crippen MR) is 69.5 cm³/mol. The minimum absolute atomic E-state index is 0.154. The van der Waals surface area contributed by atoms with Crippen molar-refractivity contribution in [3.63, 3.8) is 0 Å². The molecule has 0 unspecified atom stereocenters. The summed E-state index contributed by atoms with van der Waals surface area (Å²) < 4.78 is 0. The molecule has 0 saturated carbocycles. The molecule has 0 spiro atoms. The molecular formula is C14H16N2O2. The van der Waals surface area contributed by atoms with Gasteiger partial charge in [0.15, 0.2) is 0 Å². The molecule has 0 bridgehead atoms. The van der Waals surface area contributed by atoms with Gasteiger partial charge in [0.2, 0.25) is 0 Å². The highest BCUT2D eigenvalue weighted by atomic mass is 16.4. The zero-order chi connectivity index (χ0) is 13.1. The molecule has 0 aliphatic heterocycles. The van der Waals surface area contributed by atoms with Gasteiger partial charge in [-0.1, -0.05) is 6.07 Å². The average molecular weight is 244 g/mol. The van der Waals surface area contributed by atoms with Crippen molar-refractivity contribution in [2.45, 2.75) is 26.7 Å². The molecule has 2 heterocycles. The van der Waals surface area contributed by atoms with E-state index in [4.69, 9.17) is 5.11 Å². The van der Waals surface area contributed by atoms with E-state index in [0.29, 0.717) is 6.42 Å². The maximum Gasteiger partial charge on any atom is 0.303 e. The quantitative estimate of drug-likeness (QED) is 0.869. The Hall–Kier alpha value is -2.10. The van der Waals surface area contributed by atoms with Crippen molar-refractivity contribution in [3.8, 4) is 11.4 Å². The summed E-state index contributed by atoms with van der Waals surface area (Å²) in [6.45, 7) is 3.97. The van der Waals surface area contributed by atoms with Crippen molar-refractivity contribution in [3.05, 3.63) is 41.2 Å². The number of nitrogens with zero attached hydrogens (tertiary/aromatic N) is 1. The van der Waals surface area contributed by atoms with Crippen LogP contribution in [-0.4, -0.2) is 21.0 Å². The Labute approximate surface area is 106 Å². The Morgan fingerprint density at radius 3 is 2.78 bits per heavy atom. The van der Waals surface area contributed by atoms with Gasteiger partial charge in [0.25, 0.3) is 0 Å². The van der Waals surface area contributed by atoms with E-state index in [2.05, 4.69) is 9.97 Å². The number of aromatic amines is 1. The summed E-state index contributed by atoms with van der Waals surface area (Å²) in [4.78, 5) is 18.3. The molecule has 2 aromatic heterocycles.